The van der Waals surface area contributed by atoms with Crippen molar-refractivity contribution in [1.29, 1.82) is 0 Å². The Morgan fingerprint density at radius 1 is 1.00 bits per heavy atom. The van der Waals surface area contributed by atoms with Gasteiger partial charge in [-0.25, -0.2) is 4.79 Å². The summed E-state index contributed by atoms with van der Waals surface area (Å²) in [5.74, 6) is -0.618. The summed E-state index contributed by atoms with van der Waals surface area (Å²) in [6.07, 6.45) is 2.44. The second kappa shape index (κ2) is 12.0. The Morgan fingerprint density at radius 3 is 2.37 bits per heavy atom. The third kappa shape index (κ3) is 7.55. The second-order valence-electron chi connectivity index (χ2n) is 6.78. The molecule has 2 rings (SSSR count). The molecule has 1 atom stereocenters. The van der Waals surface area contributed by atoms with Gasteiger partial charge in [0.2, 0.25) is 11.8 Å². The number of anilines is 2. The third-order valence-corrected chi connectivity index (χ3v) is 5.57. The van der Waals surface area contributed by atoms with Crippen LogP contribution in [0.4, 0.5) is 11.4 Å². The number of carbonyl (C=O) groups excluding carboxylic acids is 3. The Labute approximate surface area is 181 Å². The molecule has 0 bridgehead atoms. The highest BCUT2D eigenvalue weighted by molar-refractivity contribution is 8.00. The fourth-order valence-electron chi connectivity index (χ4n) is 2.64. The number of nitrogens with one attached hydrogen (secondary N) is 2. The molecule has 160 valence electrons. The lowest BCUT2D eigenvalue weighted by molar-refractivity contribution is -0.116. The lowest BCUT2D eigenvalue weighted by atomic mass is 10.2. The molecule has 0 saturated heterocycles. The van der Waals surface area contributed by atoms with E-state index in [2.05, 4.69) is 10.6 Å². The zero-order valence-electron chi connectivity index (χ0n) is 17.6. The molecule has 0 radical (unpaired) electrons. The first-order valence-corrected chi connectivity index (χ1v) is 10.9. The molecule has 0 aromatic heterocycles. The summed E-state index contributed by atoms with van der Waals surface area (Å²) in [6, 6.07) is 14.1. The van der Waals surface area contributed by atoms with Crippen LogP contribution >= 0.6 is 11.8 Å². The van der Waals surface area contributed by atoms with Crippen molar-refractivity contribution in [2.75, 3.05) is 17.2 Å². The minimum Gasteiger partial charge on any atom is -0.462 e. The molecule has 0 aliphatic carbocycles. The van der Waals surface area contributed by atoms with Crippen LogP contribution in [0.1, 0.15) is 50.4 Å². The van der Waals surface area contributed by atoms with Crippen molar-refractivity contribution in [3.8, 4) is 0 Å². The van der Waals surface area contributed by atoms with Gasteiger partial charge in [-0.2, -0.15) is 0 Å². The smallest absolute Gasteiger partial charge is 0.338 e. The standard InChI is InChI=1S/C23H28N2O4S/c1-4-6-14-29-23(28)17-10-12-18(13-11-17)25-22(27)21(5-2)30-20-9-7-8-19(15-20)24-16(3)26/h7-13,15,21H,4-6,14H2,1-3H3,(H,24,26)(H,25,27). The van der Waals surface area contributed by atoms with E-state index in [1.54, 1.807) is 30.3 Å². The lowest BCUT2D eigenvalue weighted by Gasteiger charge is -2.15. The van der Waals surface area contributed by atoms with E-state index in [0.29, 0.717) is 30.0 Å². The van der Waals surface area contributed by atoms with E-state index in [1.807, 2.05) is 32.0 Å². The SMILES string of the molecule is CCCCOC(=O)c1ccc(NC(=O)C(CC)Sc2cccc(NC(C)=O)c2)cc1. The van der Waals surface area contributed by atoms with Crippen molar-refractivity contribution in [1.82, 2.24) is 0 Å². The molecule has 1 unspecified atom stereocenters. The molecule has 0 fully saturated rings. The van der Waals surface area contributed by atoms with Crippen molar-refractivity contribution in [2.24, 2.45) is 0 Å². The summed E-state index contributed by atoms with van der Waals surface area (Å²) < 4.78 is 5.19. The Kier molecular flexibility index (Phi) is 9.41. The summed E-state index contributed by atoms with van der Waals surface area (Å²) in [5.41, 5.74) is 1.78. The van der Waals surface area contributed by atoms with Crippen LogP contribution in [0, 0.1) is 0 Å². The first-order chi connectivity index (χ1) is 14.4. The van der Waals surface area contributed by atoms with Gasteiger partial charge in [0.15, 0.2) is 0 Å². The van der Waals surface area contributed by atoms with Gasteiger partial charge < -0.3 is 15.4 Å². The fraction of sp³-hybridized carbons (Fsp3) is 0.348. The monoisotopic (exact) mass is 428 g/mol. The maximum atomic E-state index is 12.7. The van der Waals surface area contributed by atoms with Crippen LogP contribution in [0.3, 0.4) is 0 Å². The summed E-state index contributed by atoms with van der Waals surface area (Å²) in [6.45, 7) is 5.85. The van der Waals surface area contributed by atoms with E-state index in [4.69, 9.17) is 4.74 Å². The molecule has 30 heavy (non-hydrogen) atoms. The van der Waals surface area contributed by atoms with Crippen molar-refractivity contribution in [2.45, 2.75) is 50.2 Å². The van der Waals surface area contributed by atoms with Crippen molar-refractivity contribution < 1.29 is 19.1 Å². The number of esters is 1. The topological polar surface area (TPSA) is 84.5 Å². The Bertz CT molecular complexity index is 868. The van der Waals surface area contributed by atoms with Gasteiger partial charge in [-0.1, -0.05) is 26.3 Å². The number of amides is 2. The highest BCUT2D eigenvalue weighted by atomic mass is 32.2. The van der Waals surface area contributed by atoms with E-state index >= 15 is 0 Å². The van der Waals surface area contributed by atoms with Gasteiger partial charge in [0.1, 0.15) is 0 Å². The average molecular weight is 429 g/mol. The Hall–Kier alpha value is -2.80. The van der Waals surface area contributed by atoms with Crippen molar-refractivity contribution >= 4 is 40.9 Å². The van der Waals surface area contributed by atoms with Crippen molar-refractivity contribution in [3.63, 3.8) is 0 Å². The number of unbranched alkanes of at least 4 members (excludes halogenated alkanes) is 1. The molecular weight excluding hydrogens is 400 g/mol. The zero-order valence-corrected chi connectivity index (χ0v) is 18.4. The van der Waals surface area contributed by atoms with Gasteiger partial charge in [-0.05, 0) is 55.3 Å². The third-order valence-electron chi connectivity index (χ3n) is 4.22. The van der Waals surface area contributed by atoms with Gasteiger partial charge in [0, 0.05) is 23.2 Å². The molecule has 2 amide bonds. The molecule has 0 aliphatic rings. The molecule has 0 aliphatic heterocycles. The number of rotatable bonds is 10. The summed E-state index contributed by atoms with van der Waals surface area (Å²) in [4.78, 5) is 36.8. The zero-order chi connectivity index (χ0) is 21.9. The van der Waals surface area contributed by atoms with Gasteiger partial charge in [0.25, 0.3) is 0 Å². The van der Waals surface area contributed by atoms with Crippen LogP contribution in [0.25, 0.3) is 0 Å². The van der Waals surface area contributed by atoms with Gasteiger partial charge in [-0.15, -0.1) is 11.8 Å². The minimum atomic E-state index is -0.359. The number of ether oxygens (including phenoxy) is 1. The number of hydrogen-bond acceptors (Lipinski definition) is 5. The van der Waals surface area contributed by atoms with E-state index in [9.17, 15) is 14.4 Å². The predicted octanol–water partition coefficient (Wildman–Crippen LogP) is 5.11. The van der Waals surface area contributed by atoms with Crippen LogP contribution in [0.2, 0.25) is 0 Å². The minimum absolute atomic E-state index is 0.120. The highest BCUT2D eigenvalue weighted by Crippen LogP contribution is 2.28. The quantitative estimate of drug-likeness (QED) is 0.312. The maximum absolute atomic E-state index is 12.7. The molecule has 0 saturated carbocycles. The molecule has 0 spiro atoms. The number of hydrogen-bond donors (Lipinski definition) is 2. The normalized spacial score (nSPS) is 11.4. The molecule has 2 N–H and O–H groups in total. The van der Waals surface area contributed by atoms with Crippen LogP contribution in [-0.2, 0) is 14.3 Å². The summed E-state index contributed by atoms with van der Waals surface area (Å²) in [7, 11) is 0. The van der Waals surface area contributed by atoms with Crippen molar-refractivity contribution in [3.05, 3.63) is 54.1 Å². The lowest BCUT2D eigenvalue weighted by Crippen LogP contribution is -2.24. The molecular formula is C23H28N2O4S. The van der Waals surface area contributed by atoms with E-state index in [1.165, 1.54) is 18.7 Å². The van der Waals surface area contributed by atoms with Gasteiger partial charge >= 0.3 is 5.97 Å². The number of carbonyl (C=O) groups is 3. The number of thioether (sulfide) groups is 1. The first-order valence-electron chi connectivity index (χ1n) is 10.0. The second-order valence-corrected chi connectivity index (χ2v) is 8.06. The van der Waals surface area contributed by atoms with Crippen LogP contribution in [-0.4, -0.2) is 29.6 Å². The van der Waals surface area contributed by atoms with Crippen LogP contribution < -0.4 is 10.6 Å². The van der Waals surface area contributed by atoms with Crippen LogP contribution in [0.15, 0.2) is 53.4 Å². The summed E-state index contributed by atoms with van der Waals surface area (Å²) >= 11 is 1.44. The van der Waals surface area contributed by atoms with Gasteiger partial charge in [0.05, 0.1) is 17.4 Å². The largest absolute Gasteiger partial charge is 0.462 e. The van der Waals surface area contributed by atoms with E-state index in [0.717, 1.165) is 17.7 Å². The molecule has 6 nitrogen and oxygen atoms in total. The predicted molar refractivity (Wildman–Crippen MR) is 121 cm³/mol. The Balaban J connectivity index is 1.96. The first kappa shape index (κ1) is 23.5. The molecule has 2 aromatic rings. The Morgan fingerprint density at radius 2 is 1.73 bits per heavy atom. The number of benzene rings is 2. The van der Waals surface area contributed by atoms with E-state index < -0.39 is 0 Å². The molecule has 7 heteroatoms. The fourth-order valence-corrected chi connectivity index (χ4v) is 3.66. The van der Waals surface area contributed by atoms with E-state index in [-0.39, 0.29) is 23.0 Å². The molecule has 0 heterocycles. The highest BCUT2D eigenvalue weighted by Gasteiger charge is 2.18. The average Bonchev–Trinajstić information content (AvgIpc) is 2.72. The summed E-state index contributed by atoms with van der Waals surface area (Å²) in [5, 5.41) is 5.35. The maximum Gasteiger partial charge on any atom is 0.338 e. The van der Waals surface area contributed by atoms with Crippen LogP contribution in [0.5, 0.6) is 0 Å². The molecule has 2 aromatic carbocycles. The van der Waals surface area contributed by atoms with Gasteiger partial charge in [-0.3, -0.25) is 9.59 Å².